The minimum absolute atomic E-state index is 0.265. The Hall–Kier alpha value is -2.94. The molecule has 1 aromatic heterocycles. The van der Waals surface area contributed by atoms with E-state index < -0.39 is 26.8 Å². The summed E-state index contributed by atoms with van der Waals surface area (Å²) in [6.07, 6.45) is 6.05. The fraction of sp³-hybridized carbons (Fsp3) is 0.435. The molecule has 2 aromatic rings. The highest BCUT2D eigenvalue weighted by molar-refractivity contribution is 7.92. The van der Waals surface area contributed by atoms with Crippen molar-refractivity contribution in [2.24, 2.45) is 0 Å². The lowest BCUT2D eigenvalue weighted by atomic mass is 10.2. The first-order chi connectivity index (χ1) is 15.1. The van der Waals surface area contributed by atoms with E-state index in [1.165, 1.54) is 0 Å². The van der Waals surface area contributed by atoms with Gasteiger partial charge < -0.3 is 15.0 Å². The molecule has 32 heavy (non-hydrogen) atoms. The zero-order valence-corrected chi connectivity index (χ0v) is 19.6. The molecule has 1 aliphatic heterocycles. The minimum atomic E-state index is -3.52. The van der Waals surface area contributed by atoms with E-state index in [4.69, 9.17) is 4.74 Å². The lowest BCUT2D eigenvalue weighted by molar-refractivity contribution is 0.0257. The van der Waals surface area contributed by atoms with Gasteiger partial charge in [-0.2, -0.15) is 0 Å². The van der Waals surface area contributed by atoms with Gasteiger partial charge in [0.1, 0.15) is 5.60 Å². The van der Waals surface area contributed by atoms with E-state index in [0.717, 1.165) is 5.56 Å². The van der Waals surface area contributed by atoms with Gasteiger partial charge in [0.05, 0.1) is 10.1 Å². The van der Waals surface area contributed by atoms with Crippen molar-refractivity contribution >= 4 is 33.6 Å². The number of ether oxygens (including phenoxy) is 1. The van der Waals surface area contributed by atoms with E-state index in [2.05, 4.69) is 21.9 Å². The summed E-state index contributed by atoms with van der Waals surface area (Å²) in [5.41, 5.74) is 0.918. The average Bonchev–Trinajstić information content (AvgIpc) is 3.01. The minimum Gasteiger partial charge on any atom is -0.444 e. The third-order valence-corrected chi connectivity index (χ3v) is 7.39. The lowest BCUT2D eigenvalue weighted by Crippen LogP contribution is -2.37. The molecule has 1 N–H and O–H groups in total. The molecule has 3 rings (SSSR count). The number of carbonyl (C=O) groups excluding carboxylic acids is 1. The van der Waals surface area contributed by atoms with Crippen molar-refractivity contribution in [2.75, 3.05) is 18.4 Å². The molecule has 0 bridgehead atoms. The van der Waals surface area contributed by atoms with Gasteiger partial charge in [-0.25, -0.2) is 23.2 Å². The summed E-state index contributed by atoms with van der Waals surface area (Å²) < 4.78 is 31.8. The van der Waals surface area contributed by atoms with Crippen LogP contribution in [-0.4, -0.2) is 53.3 Å². The van der Waals surface area contributed by atoms with Crippen LogP contribution in [0, 0.1) is 0 Å². The molecular weight excluding hydrogens is 428 g/mol. The first-order valence-electron chi connectivity index (χ1n) is 10.6. The summed E-state index contributed by atoms with van der Waals surface area (Å²) in [6.45, 7) is 9.97. The molecule has 1 aromatic carbocycles. The van der Waals surface area contributed by atoms with Gasteiger partial charge in [0.15, 0.2) is 9.84 Å². The highest BCUT2D eigenvalue weighted by Gasteiger charge is 2.32. The normalized spacial score (nSPS) is 17.3. The average molecular weight is 459 g/mol. The van der Waals surface area contributed by atoms with Gasteiger partial charge in [-0.3, -0.25) is 0 Å². The van der Waals surface area contributed by atoms with Gasteiger partial charge in [-0.05, 0) is 64.3 Å². The number of nitrogens with one attached hydrogen (secondary N) is 1. The Morgan fingerprint density at radius 3 is 2.41 bits per heavy atom. The standard InChI is InChI=1S/C23H30N4O4S/c1-5-17-15-24-21(25-16-17)26-18-8-10-20(11-9-18)32(29,30)19-7-6-13-27(14-12-19)22(28)31-23(2,3)4/h5,8-11,15-16,19H,1,6-7,12-14H2,2-4H3,(H,24,25,26). The summed E-state index contributed by atoms with van der Waals surface area (Å²) in [5.74, 6) is 0.414. The molecule has 1 atom stereocenters. The third-order valence-electron chi connectivity index (χ3n) is 5.11. The summed E-state index contributed by atoms with van der Waals surface area (Å²) >= 11 is 0. The lowest BCUT2D eigenvalue weighted by Gasteiger charge is -2.26. The number of aromatic nitrogens is 2. The first-order valence-corrected chi connectivity index (χ1v) is 12.2. The van der Waals surface area contributed by atoms with Gasteiger partial charge in [-0.1, -0.05) is 12.7 Å². The van der Waals surface area contributed by atoms with Crippen LogP contribution in [0.5, 0.6) is 0 Å². The fourth-order valence-corrected chi connectivity index (χ4v) is 5.24. The van der Waals surface area contributed by atoms with E-state index in [9.17, 15) is 13.2 Å². The molecule has 1 aliphatic rings. The molecule has 0 saturated carbocycles. The van der Waals surface area contributed by atoms with Crippen LogP contribution in [0.1, 0.15) is 45.6 Å². The van der Waals surface area contributed by atoms with Crippen LogP contribution in [0.4, 0.5) is 16.4 Å². The van der Waals surface area contributed by atoms with Gasteiger partial charge in [0.25, 0.3) is 0 Å². The molecule has 1 fully saturated rings. The van der Waals surface area contributed by atoms with Crippen LogP contribution in [0.25, 0.3) is 6.08 Å². The Kier molecular flexibility index (Phi) is 7.18. The van der Waals surface area contributed by atoms with E-state index >= 15 is 0 Å². The van der Waals surface area contributed by atoms with Crippen LogP contribution < -0.4 is 5.32 Å². The maximum Gasteiger partial charge on any atom is 0.410 e. The van der Waals surface area contributed by atoms with E-state index in [1.54, 1.807) is 47.6 Å². The van der Waals surface area contributed by atoms with Gasteiger partial charge in [0.2, 0.25) is 5.95 Å². The molecule has 2 heterocycles. The van der Waals surface area contributed by atoms with E-state index in [-0.39, 0.29) is 4.90 Å². The maximum absolute atomic E-state index is 13.2. The summed E-state index contributed by atoms with van der Waals surface area (Å²) in [7, 11) is -3.52. The number of carbonyl (C=O) groups is 1. The molecule has 0 aliphatic carbocycles. The second kappa shape index (κ2) is 9.68. The van der Waals surface area contributed by atoms with Crippen molar-refractivity contribution in [3.63, 3.8) is 0 Å². The number of anilines is 2. The molecule has 1 unspecified atom stereocenters. The maximum atomic E-state index is 13.2. The smallest absolute Gasteiger partial charge is 0.410 e. The first kappa shape index (κ1) is 23.7. The highest BCUT2D eigenvalue weighted by Crippen LogP contribution is 2.27. The molecule has 1 saturated heterocycles. The molecule has 9 heteroatoms. The molecule has 172 valence electrons. The number of amides is 1. The Bertz CT molecular complexity index is 1040. The number of nitrogens with zero attached hydrogens (tertiary/aromatic N) is 3. The zero-order chi connectivity index (χ0) is 23.4. The van der Waals surface area contributed by atoms with Crippen molar-refractivity contribution in [2.45, 2.75) is 55.8 Å². The number of rotatable bonds is 5. The van der Waals surface area contributed by atoms with Gasteiger partial charge in [-0.15, -0.1) is 0 Å². The molecule has 0 spiro atoms. The van der Waals surface area contributed by atoms with Crippen molar-refractivity contribution < 1.29 is 17.9 Å². The Balaban J connectivity index is 1.65. The molecular formula is C23H30N4O4S. The van der Waals surface area contributed by atoms with Crippen LogP contribution in [0.3, 0.4) is 0 Å². The second-order valence-electron chi connectivity index (χ2n) is 8.76. The zero-order valence-electron chi connectivity index (χ0n) is 18.7. The second-order valence-corrected chi connectivity index (χ2v) is 11.0. The Morgan fingerprint density at radius 1 is 1.16 bits per heavy atom. The fourth-order valence-electron chi connectivity index (χ4n) is 3.44. The Labute approximate surface area is 189 Å². The summed E-state index contributed by atoms with van der Waals surface area (Å²) in [5, 5.41) is 2.51. The summed E-state index contributed by atoms with van der Waals surface area (Å²) in [4.78, 5) is 22.6. The Morgan fingerprint density at radius 2 is 1.81 bits per heavy atom. The SMILES string of the molecule is C=Cc1cnc(Nc2ccc(S(=O)(=O)C3CCCN(C(=O)OC(C)(C)C)CC3)cc2)nc1. The number of benzene rings is 1. The van der Waals surface area contributed by atoms with Gasteiger partial charge in [0, 0.05) is 36.7 Å². The highest BCUT2D eigenvalue weighted by atomic mass is 32.2. The topological polar surface area (TPSA) is 101 Å². The number of hydrogen-bond acceptors (Lipinski definition) is 7. The number of likely N-dealkylation sites (tertiary alicyclic amines) is 1. The van der Waals surface area contributed by atoms with E-state index in [0.29, 0.717) is 44.0 Å². The monoisotopic (exact) mass is 458 g/mol. The summed E-state index contributed by atoms with van der Waals surface area (Å²) in [6, 6.07) is 6.57. The predicted molar refractivity (Wildman–Crippen MR) is 124 cm³/mol. The van der Waals surface area contributed by atoms with Crippen molar-refractivity contribution in [3.05, 3.63) is 48.8 Å². The molecule has 1 amide bonds. The largest absolute Gasteiger partial charge is 0.444 e. The molecule has 0 radical (unpaired) electrons. The van der Waals surface area contributed by atoms with Gasteiger partial charge >= 0.3 is 6.09 Å². The third kappa shape index (κ3) is 6.06. The van der Waals surface area contributed by atoms with Crippen LogP contribution in [0.15, 0.2) is 48.1 Å². The van der Waals surface area contributed by atoms with Crippen molar-refractivity contribution in [3.8, 4) is 0 Å². The van der Waals surface area contributed by atoms with E-state index in [1.807, 2.05) is 20.8 Å². The van der Waals surface area contributed by atoms with Crippen LogP contribution in [0.2, 0.25) is 0 Å². The van der Waals surface area contributed by atoms with Crippen LogP contribution in [-0.2, 0) is 14.6 Å². The van der Waals surface area contributed by atoms with Crippen molar-refractivity contribution in [1.29, 1.82) is 0 Å². The number of sulfone groups is 1. The molecule has 8 nitrogen and oxygen atoms in total. The quantitative estimate of drug-likeness (QED) is 0.707. The number of hydrogen-bond donors (Lipinski definition) is 1. The van der Waals surface area contributed by atoms with Crippen molar-refractivity contribution in [1.82, 2.24) is 14.9 Å². The van der Waals surface area contributed by atoms with Crippen LogP contribution >= 0.6 is 0 Å². The predicted octanol–water partition coefficient (Wildman–Crippen LogP) is 4.43.